The third kappa shape index (κ3) is 4.22. The molecule has 3 heteroatoms. The van der Waals surface area contributed by atoms with Crippen molar-refractivity contribution in [1.82, 2.24) is 10.2 Å². The maximum Gasteiger partial charge on any atom is 0.0678 e. The van der Waals surface area contributed by atoms with E-state index in [-0.39, 0.29) is 0 Å². The van der Waals surface area contributed by atoms with E-state index >= 15 is 0 Å². The molecule has 0 saturated carbocycles. The molecule has 1 rings (SSSR count). The summed E-state index contributed by atoms with van der Waals surface area (Å²) >= 11 is 0. The number of nitrogens with one attached hydrogen (secondary N) is 1. The fraction of sp³-hybridized carbons (Fsp3) is 0.818. The molecule has 0 aromatic carbocycles. The molecule has 1 aliphatic heterocycles. The molecule has 1 saturated heterocycles. The summed E-state index contributed by atoms with van der Waals surface area (Å²) in [5, 5.41) is 3.31. The van der Waals surface area contributed by atoms with Crippen molar-refractivity contribution in [1.29, 1.82) is 0 Å². The van der Waals surface area contributed by atoms with E-state index in [2.05, 4.69) is 30.6 Å². The Morgan fingerprint density at radius 2 is 2.07 bits per heavy atom. The summed E-state index contributed by atoms with van der Waals surface area (Å²) in [6.45, 7) is 13.1. The smallest absolute Gasteiger partial charge is 0.0678 e. The monoisotopic (exact) mass is 198 g/mol. The van der Waals surface area contributed by atoms with E-state index in [9.17, 15) is 0 Å². The molecule has 3 nitrogen and oxygen atoms in total. The minimum Gasteiger partial charge on any atom is -0.373 e. The minimum absolute atomic E-state index is 0.373. The van der Waals surface area contributed by atoms with Crippen molar-refractivity contribution in [2.75, 3.05) is 32.7 Å². The van der Waals surface area contributed by atoms with Gasteiger partial charge in [0.2, 0.25) is 0 Å². The lowest BCUT2D eigenvalue weighted by atomic mass is 10.2. The van der Waals surface area contributed by atoms with Crippen LogP contribution in [0.5, 0.6) is 0 Å². The van der Waals surface area contributed by atoms with Crippen LogP contribution in [0, 0.1) is 0 Å². The number of rotatable bonds is 5. The first-order valence-electron chi connectivity index (χ1n) is 5.41. The maximum atomic E-state index is 5.67. The highest BCUT2D eigenvalue weighted by Gasteiger charge is 2.21. The van der Waals surface area contributed by atoms with Gasteiger partial charge >= 0.3 is 0 Å². The minimum atomic E-state index is 0.373. The van der Waals surface area contributed by atoms with Crippen LogP contribution in [0.2, 0.25) is 0 Å². The van der Waals surface area contributed by atoms with E-state index < -0.39 is 0 Å². The second-order valence-electron chi connectivity index (χ2n) is 4.01. The van der Waals surface area contributed by atoms with Crippen LogP contribution in [0.25, 0.3) is 0 Å². The molecule has 0 spiro atoms. The van der Waals surface area contributed by atoms with Crippen LogP contribution in [0.4, 0.5) is 0 Å². The molecular weight excluding hydrogens is 176 g/mol. The quantitative estimate of drug-likeness (QED) is 0.524. The Bertz CT molecular complexity index is 163. The van der Waals surface area contributed by atoms with Gasteiger partial charge in [0.15, 0.2) is 0 Å². The molecule has 1 fully saturated rings. The SMILES string of the molecule is C=CCNCCN1C[C@@H](C)O[C@@H](C)C1. The van der Waals surface area contributed by atoms with Gasteiger partial charge in [-0.25, -0.2) is 0 Å². The van der Waals surface area contributed by atoms with Crippen molar-refractivity contribution < 1.29 is 4.74 Å². The summed E-state index contributed by atoms with van der Waals surface area (Å²) in [7, 11) is 0. The number of ether oxygens (including phenoxy) is 1. The zero-order valence-corrected chi connectivity index (χ0v) is 9.33. The van der Waals surface area contributed by atoms with E-state index in [1.807, 2.05) is 6.08 Å². The lowest BCUT2D eigenvalue weighted by Crippen LogP contribution is -2.47. The van der Waals surface area contributed by atoms with Crippen molar-refractivity contribution in [3.05, 3.63) is 12.7 Å². The molecule has 1 N–H and O–H groups in total. The highest BCUT2D eigenvalue weighted by Crippen LogP contribution is 2.09. The lowest BCUT2D eigenvalue weighted by Gasteiger charge is -2.35. The van der Waals surface area contributed by atoms with Gasteiger partial charge in [0.25, 0.3) is 0 Å². The van der Waals surface area contributed by atoms with Crippen LogP contribution in [-0.4, -0.2) is 49.8 Å². The van der Waals surface area contributed by atoms with Crippen molar-refractivity contribution in [3.8, 4) is 0 Å². The van der Waals surface area contributed by atoms with Crippen LogP contribution in [0.3, 0.4) is 0 Å². The number of hydrogen-bond acceptors (Lipinski definition) is 3. The first kappa shape index (κ1) is 11.7. The van der Waals surface area contributed by atoms with Gasteiger partial charge in [0.05, 0.1) is 12.2 Å². The average Bonchev–Trinajstić information content (AvgIpc) is 2.11. The Morgan fingerprint density at radius 3 is 2.64 bits per heavy atom. The summed E-state index contributed by atoms with van der Waals surface area (Å²) in [6, 6.07) is 0. The van der Waals surface area contributed by atoms with Gasteiger partial charge in [-0.05, 0) is 13.8 Å². The van der Waals surface area contributed by atoms with Crippen LogP contribution in [-0.2, 0) is 4.74 Å². The van der Waals surface area contributed by atoms with Crippen LogP contribution < -0.4 is 5.32 Å². The maximum absolute atomic E-state index is 5.67. The van der Waals surface area contributed by atoms with E-state index in [0.29, 0.717) is 12.2 Å². The van der Waals surface area contributed by atoms with Crippen LogP contribution in [0.15, 0.2) is 12.7 Å². The molecular formula is C11H22N2O. The summed E-state index contributed by atoms with van der Waals surface area (Å²) in [5.74, 6) is 0. The molecule has 0 aliphatic carbocycles. The van der Waals surface area contributed by atoms with Gasteiger partial charge < -0.3 is 10.1 Å². The molecule has 0 bridgehead atoms. The molecule has 82 valence electrons. The molecule has 1 aliphatic rings. The lowest BCUT2D eigenvalue weighted by molar-refractivity contribution is -0.0673. The summed E-state index contributed by atoms with van der Waals surface area (Å²) < 4.78 is 5.67. The van der Waals surface area contributed by atoms with Gasteiger partial charge in [-0.15, -0.1) is 6.58 Å². The Kier molecular flexibility index (Phi) is 5.15. The zero-order chi connectivity index (χ0) is 10.4. The summed E-state index contributed by atoms with van der Waals surface area (Å²) in [4.78, 5) is 2.45. The normalized spacial score (nSPS) is 29.0. The summed E-state index contributed by atoms with van der Waals surface area (Å²) in [5.41, 5.74) is 0. The van der Waals surface area contributed by atoms with Gasteiger partial charge in [-0.2, -0.15) is 0 Å². The molecule has 1 heterocycles. The standard InChI is InChI=1S/C11H22N2O/c1-4-5-12-6-7-13-8-10(2)14-11(3)9-13/h4,10-12H,1,5-9H2,2-3H3/t10-,11+. The van der Waals surface area contributed by atoms with Crippen LogP contribution >= 0.6 is 0 Å². The van der Waals surface area contributed by atoms with Crippen molar-refractivity contribution >= 4 is 0 Å². The fourth-order valence-corrected chi connectivity index (χ4v) is 1.91. The predicted molar refractivity (Wildman–Crippen MR) is 59.5 cm³/mol. The fourth-order valence-electron chi connectivity index (χ4n) is 1.91. The predicted octanol–water partition coefficient (Wildman–Crippen LogP) is 0.871. The van der Waals surface area contributed by atoms with Crippen LogP contribution in [0.1, 0.15) is 13.8 Å². The molecule has 0 radical (unpaired) electrons. The molecule has 0 aromatic rings. The van der Waals surface area contributed by atoms with Gasteiger partial charge in [0.1, 0.15) is 0 Å². The first-order valence-corrected chi connectivity index (χ1v) is 5.41. The largest absolute Gasteiger partial charge is 0.373 e. The molecule has 14 heavy (non-hydrogen) atoms. The van der Waals surface area contributed by atoms with Crippen molar-refractivity contribution in [2.45, 2.75) is 26.1 Å². The van der Waals surface area contributed by atoms with E-state index in [0.717, 1.165) is 32.7 Å². The Hall–Kier alpha value is -0.380. The molecule has 0 unspecified atom stereocenters. The third-order valence-electron chi connectivity index (χ3n) is 2.39. The number of morpholine rings is 1. The van der Waals surface area contributed by atoms with Gasteiger partial charge in [-0.1, -0.05) is 6.08 Å². The van der Waals surface area contributed by atoms with E-state index in [1.165, 1.54) is 0 Å². The zero-order valence-electron chi connectivity index (χ0n) is 9.33. The summed E-state index contributed by atoms with van der Waals surface area (Å²) in [6.07, 6.45) is 2.64. The third-order valence-corrected chi connectivity index (χ3v) is 2.39. The van der Waals surface area contributed by atoms with Crippen molar-refractivity contribution in [2.24, 2.45) is 0 Å². The topological polar surface area (TPSA) is 24.5 Å². The highest BCUT2D eigenvalue weighted by molar-refractivity contribution is 4.75. The molecule has 2 atom stereocenters. The Balaban J connectivity index is 2.13. The Labute approximate surface area is 87.1 Å². The highest BCUT2D eigenvalue weighted by atomic mass is 16.5. The molecule has 0 amide bonds. The second-order valence-corrected chi connectivity index (χ2v) is 4.01. The van der Waals surface area contributed by atoms with Gasteiger partial charge in [-0.3, -0.25) is 4.90 Å². The number of hydrogen-bond donors (Lipinski definition) is 1. The van der Waals surface area contributed by atoms with E-state index in [4.69, 9.17) is 4.74 Å². The van der Waals surface area contributed by atoms with Crippen molar-refractivity contribution in [3.63, 3.8) is 0 Å². The Morgan fingerprint density at radius 1 is 1.43 bits per heavy atom. The number of nitrogens with zero attached hydrogens (tertiary/aromatic N) is 1. The average molecular weight is 198 g/mol. The second kappa shape index (κ2) is 6.17. The van der Waals surface area contributed by atoms with E-state index in [1.54, 1.807) is 0 Å². The molecule has 0 aromatic heterocycles. The van der Waals surface area contributed by atoms with Gasteiger partial charge in [0, 0.05) is 32.7 Å². The first-order chi connectivity index (χ1) is 6.72.